The second kappa shape index (κ2) is 10.6. The summed E-state index contributed by atoms with van der Waals surface area (Å²) in [6.07, 6.45) is 0.176. The molecule has 0 bridgehead atoms. The number of carbonyl (C=O) groups excluding carboxylic acids is 2. The Morgan fingerprint density at radius 1 is 1.16 bits per heavy atom. The molecule has 0 unspecified atom stereocenters. The molecule has 0 aliphatic rings. The largest absolute Gasteiger partial charge is 0.497 e. The molecule has 7 heteroatoms. The maximum atomic E-state index is 14.3. The van der Waals surface area contributed by atoms with E-state index in [1.807, 2.05) is 39.8 Å². The molecule has 0 heterocycles. The van der Waals surface area contributed by atoms with Gasteiger partial charge < -0.3 is 15.0 Å². The number of amides is 2. The third kappa shape index (κ3) is 6.96. The minimum Gasteiger partial charge on any atom is -0.497 e. The molecule has 1 N–H and O–H groups in total. The molecule has 0 saturated heterocycles. The third-order valence-electron chi connectivity index (χ3n) is 4.79. The van der Waals surface area contributed by atoms with Crippen LogP contribution in [0.15, 0.2) is 42.5 Å². The van der Waals surface area contributed by atoms with Crippen LogP contribution in [-0.4, -0.2) is 35.4 Å². The van der Waals surface area contributed by atoms with Crippen LogP contribution in [-0.2, 0) is 22.6 Å². The highest BCUT2D eigenvalue weighted by atomic mass is 35.5. The number of methoxy groups -OCH3 is 1. The van der Waals surface area contributed by atoms with Gasteiger partial charge in [0.1, 0.15) is 17.6 Å². The molecule has 2 amide bonds. The summed E-state index contributed by atoms with van der Waals surface area (Å²) in [5, 5.41) is 3.13. The van der Waals surface area contributed by atoms with Gasteiger partial charge in [0.05, 0.1) is 13.5 Å². The molecule has 0 saturated carbocycles. The Hall–Kier alpha value is -2.60. The van der Waals surface area contributed by atoms with Crippen LogP contribution in [0.5, 0.6) is 5.75 Å². The zero-order chi connectivity index (χ0) is 23.2. The quantitative estimate of drug-likeness (QED) is 0.633. The fourth-order valence-electron chi connectivity index (χ4n) is 3.25. The van der Waals surface area contributed by atoms with Crippen molar-refractivity contribution in [3.63, 3.8) is 0 Å². The van der Waals surface area contributed by atoms with Crippen LogP contribution in [0.4, 0.5) is 4.39 Å². The SMILES string of the molecule is CC[C@@H](C(=O)NC(C)(C)C)N(Cc1ccc(OC)cc1)C(=O)Cc1c(F)cccc1Cl. The summed E-state index contributed by atoms with van der Waals surface area (Å²) in [5.41, 5.74) is 0.504. The number of rotatable bonds is 8. The summed E-state index contributed by atoms with van der Waals surface area (Å²) in [6, 6.07) is 10.9. The number of hydrogen-bond acceptors (Lipinski definition) is 3. The minimum atomic E-state index is -0.709. The molecule has 0 spiro atoms. The van der Waals surface area contributed by atoms with E-state index >= 15 is 0 Å². The molecule has 5 nitrogen and oxygen atoms in total. The van der Waals surface area contributed by atoms with Gasteiger partial charge in [0.25, 0.3) is 0 Å². The van der Waals surface area contributed by atoms with E-state index in [0.717, 1.165) is 5.56 Å². The number of benzene rings is 2. The van der Waals surface area contributed by atoms with Gasteiger partial charge in [-0.3, -0.25) is 9.59 Å². The molecule has 0 aromatic heterocycles. The lowest BCUT2D eigenvalue weighted by Gasteiger charge is -2.33. The van der Waals surface area contributed by atoms with Gasteiger partial charge in [-0.05, 0) is 57.0 Å². The van der Waals surface area contributed by atoms with E-state index in [2.05, 4.69) is 5.32 Å². The fraction of sp³-hybridized carbons (Fsp3) is 0.417. The first kappa shape index (κ1) is 24.7. The molecule has 2 aromatic rings. The highest BCUT2D eigenvalue weighted by Gasteiger charge is 2.31. The molecule has 168 valence electrons. The van der Waals surface area contributed by atoms with Crippen molar-refractivity contribution < 1.29 is 18.7 Å². The van der Waals surface area contributed by atoms with Gasteiger partial charge in [0, 0.05) is 22.7 Å². The topological polar surface area (TPSA) is 58.6 Å². The lowest BCUT2D eigenvalue weighted by atomic mass is 10.0. The van der Waals surface area contributed by atoms with Crippen molar-refractivity contribution in [1.82, 2.24) is 10.2 Å². The van der Waals surface area contributed by atoms with Crippen molar-refractivity contribution in [2.24, 2.45) is 0 Å². The van der Waals surface area contributed by atoms with Gasteiger partial charge in [-0.25, -0.2) is 4.39 Å². The summed E-state index contributed by atoms with van der Waals surface area (Å²) in [5.74, 6) is -0.482. The number of carbonyl (C=O) groups is 2. The van der Waals surface area contributed by atoms with E-state index < -0.39 is 17.4 Å². The number of hydrogen-bond donors (Lipinski definition) is 1. The normalized spacial score (nSPS) is 12.2. The average molecular weight is 449 g/mol. The Balaban J connectivity index is 2.37. The second-order valence-corrected chi connectivity index (χ2v) is 8.82. The zero-order valence-electron chi connectivity index (χ0n) is 18.7. The number of nitrogens with one attached hydrogen (secondary N) is 1. The van der Waals surface area contributed by atoms with Gasteiger partial charge in [0.2, 0.25) is 11.8 Å². The number of nitrogens with zero attached hydrogens (tertiary/aromatic N) is 1. The van der Waals surface area contributed by atoms with Crippen molar-refractivity contribution in [2.75, 3.05) is 7.11 Å². The van der Waals surface area contributed by atoms with E-state index in [9.17, 15) is 14.0 Å². The Morgan fingerprint density at radius 2 is 1.81 bits per heavy atom. The van der Waals surface area contributed by atoms with Crippen molar-refractivity contribution in [1.29, 1.82) is 0 Å². The van der Waals surface area contributed by atoms with Gasteiger partial charge in [-0.15, -0.1) is 0 Å². The lowest BCUT2D eigenvalue weighted by molar-refractivity contribution is -0.141. The van der Waals surface area contributed by atoms with Gasteiger partial charge >= 0.3 is 0 Å². The molecule has 2 aromatic carbocycles. The van der Waals surface area contributed by atoms with E-state index in [1.165, 1.54) is 17.0 Å². The van der Waals surface area contributed by atoms with Crippen molar-refractivity contribution in [3.05, 3.63) is 64.4 Å². The monoisotopic (exact) mass is 448 g/mol. The first-order valence-corrected chi connectivity index (χ1v) is 10.6. The number of ether oxygens (including phenoxy) is 1. The summed E-state index contributed by atoms with van der Waals surface area (Å²) >= 11 is 6.13. The van der Waals surface area contributed by atoms with Crippen molar-refractivity contribution >= 4 is 23.4 Å². The second-order valence-electron chi connectivity index (χ2n) is 8.41. The lowest BCUT2D eigenvalue weighted by Crippen LogP contribution is -2.53. The number of halogens is 2. The predicted octanol–water partition coefficient (Wildman–Crippen LogP) is 4.75. The molecular weight excluding hydrogens is 419 g/mol. The average Bonchev–Trinajstić information content (AvgIpc) is 2.69. The van der Waals surface area contributed by atoms with E-state index in [1.54, 1.807) is 25.3 Å². The van der Waals surface area contributed by atoms with Gasteiger partial charge in [-0.1, -0.05) is 36.7 Å². The van der Waals surface area contributed by atoms with E-state index in [-0.39, 0.29) is 35.4 Å². The summed E-state index contributed by atoms with van der Waals surface area (Å²) in [4.78, 5) is 27.8. The molecule has 1 atom stereocenters. The van der Waals surface area contributed by atoms with Crippen LogP contribution < -0.4 is 10.1 Å². The van der Waals surface area contributed by atoms with Crippen LogP contribution in [0.1, 0.15) is 45.2 Å². The van der Waals surface area contributed by atoms with E-state index in [4.69, 9.17) is 16.3 Å². The first-order valence-electron chi connectivity index (χ1n) is 10.2. The standard InChI is InChI=1S/C24H30ClFN2O3/c1-6-21(23(30)27-24(2,3)4)28(15-16-10-12-17(31-5)13-11-16)22(29)14-18-19(25)8-7-9-20(18)26/h7-13,21H,6,14-15H2,1-5H3,(H,27,30)/t21-/m0/s1. The molecular formula is C24H30ClFN2O3. The smallest absolute Gasteiger partial charge is 0.243 e. The third-order valence-corrected chi connectivity index (χ3v) is 5.14. The highest BCUT2D eigenvalue weighted by molar-refractivity contribution is 6.31. The van der Waals surface area contributed by atoms with Crippen LogP contribution >= 0.6 is 11.6 Å². The van der Waals surface area contributed by atoms with Crippen molar-refractivity contribution in [3.8, 4) is 5.75 Å². The summed E-state index contributed by atoms with van der Waals surface area (Å²) in [6.45, 7) is 7.69. The van der Waals surface area contributed by atoms with Crippen LogP contribution in [0.25, 0.3) is 0 Å². The summed E-state index contributed by atoms with van der Waals surface area (Å²) in [7, 11) is 1.58. The minimum absolute atomic E-state index is 0.125. The van der Waals surface area contributed by atoms with Crippen LogP contribution in [0.2, 0.25) is 5.02 Å². The summed E-state index contributed by atoms with van der Waals surface area (Å²) < 4.78 is 19.5. The Labute approximate surface area is 188 Å². The highest BCUT2D eigenvalue weighted by Crippen LogP contribution is 2.23. The molecule has 0 fully saturated rings. The maximum absolute atomic E-state index is 14.3. The van der Waals surface area contributed by atoms with Crippen LogP contribution in [0, 0.1) is 5.82 Å². The zero-order valence-corrected chi connectivity index (χ0v) is 19.4. The predicted molar refractivity (Wildman–Crippen MR) is 121 cm³/mol. The maximum Gasteiger partial charge on any atom is 0.243 e. The van der Waals surface area contributed by atoms with E-state index in [0.29, 0.717) is 12.2 Å². The molecule has 0 aliphatic heterocycles. The van der Waals surface area contributed by atoms with Crippen molar-refractivity contribution in [2.45, 2.75) is 58.7 Å². The Bertz CT molecular complexity index is 890. The van der Waals surface area contributed by atoms with Crippen LogP contribution in [0.3, 0.4) is 0 Å². The van der Waals surface area contributed by atoms with Gasteiger partial charge in [0.15, 0.2) is 0 Å². The Morgan fingerprint density at radius 3 is 2.32 bits per heavy atom. The first-order chi connectivity index (χ1) is 14.6. The molecule has 0 aliphatic carbocycles. The molecule has 0 radical (unpaired) electrons. The molecule has 31 heavy (non-hydrogen) atoms. The van der Waals surface area contributed by atoms with Gasteiger partial charge in [-0.2, -0.15) is 0 Å². The molecule has 2 rings (SSSR count). The Kier molecular flexibility index (Phi) is 8.45. The fourth-order valence-corrected chi connectivity index (χ4v) is 3.48.